The molecule has 0 saturated heterocycles. The Labute approximate surface area is 127 Å². The second-order valence-corrected chi connectivity index (χ2v) is 7.29. The van der Waals surface area contributed by atoms with Crippen molar-refractivity contribution in [3.63, 3.8) is 0 Å². The Bertz CT molecular complexity index is 646. The summed E-state index contributed by atoms with van der Waals surface area (Å²) in [5.74, 6) is 1.17. The highest BCUT2D eigenvalue weighted by Crippen LogP contribution is 2.40. The van der Waals surface area contributed by atoms with Crippen molar-refractivity contribution in [3.8, 4) is 0 Å². The number of hydrogen-bond donors (Lipinski definition) is 1. The lowest BCUT2D eigenvalue weighted by Crippen LogP contribution is -2.16. The molecule has 1 aliphatic rings. The number of imidazole rings is 1. The van der Waals surface area contributed by atoms with Crippen LogP contribution in [-0.4, -0.2) is 20.6 Å². The molecule has 0 amide bonds. The van der Waals surface area contributed by atoms with Crippen LogP contribution < -0.4 is 0 Å². The van der Waals surface area contributed by atoms with Crippen molar-refractivity contribution in [2.45, 2.75) is 37.5 Å². The number of halogens is 1. The van der Waals surface area contributed by atoms with Crippen LogP contribution in [0.4, 0.5) is 0 Å². The van der Waals surface area contributed by atoms with Crippen LogP contribution in [-0.2, 0) is 0 Å². The molecule has 102 valence electrons. The fourth-order valence-corrected chi connectivity index (χ4v) is 4.80. The van der Waals surface area contributed by atoms with Crippen molar-refractivity contribution in [1.82, 2.24) is 9.55 Å². The van der Waals surface area contributed by atoms with Crippen LogP contribution in [0.5, 0.6) is 0 Å². The standard InChI is InChI=1S/C14H17ClN2S2/c1-2-19-13-5-3-4-12(13)17-11-7-6-9(15)8-10(11)16-14(17)18/h6-8,12-13H,2-5H2,1H3,(H,16,18). The van der Waals surface area contributed by atoms with E-state index in [9.17, 15) is 0 Å². The van der Waals surface area contributed by atoms with Crippen molar-refractivity contribution in [3.05, 3.63) is 28.0 Å². The average Bonchev–Trinajstić information content (AvgIpc) is 2.92. The monoisotopic (exact) mass is 312 g/mol. The van der Waals surface area contributed by atoms with Crippen molar-refractivity contribution >= 4 is 46.6 Å². The van der Waals surface area contributed by atoms with Crippen LogP contribution in [0.1, 0.15) is 32.2 Å². The van der Waals surface area contributed by atoms with Crippen LogP contribution >= 0.6 is 35.6 Å². The number of nitrogens with one attached hydrogen (secondary N) is 1. The van der Waals surface area contributed by atoms with Gasteiger partial charge in [-0.3, -0.25) is 0 Å². The summed E-state index contributed by atoms with van der Waals surface area (Å²) in [7, 11) is 0. The minimum atomic E-state index is 0.521. The Morgan fingerprint density at radius 1 is 1.47 bits per heavy atom. The molecule has 0 spiro atoms. The molecule has 1 N–H and O–H groups in total. The number of nitrogens with zero attached hydrogens (tertiary/aromatic N) is 1. The summed E-state index contributed by atoms with van der Waals surface area (Å²) < 4.78 is 3.13. The van der Waals surface area contributed by atoms with Crippen molar-refractivity contribution in [2.75, 3.05) is 5.75 Å². The molecule has 1 heterocycles. The fraction of sp³-hybridized carbons (Fsp3) is 0.500. The minimum absolute atomic E-state index is 0.521. The Kier molecular flexibility index (Phi) is 3.92. The summed E-state index contributed by atoms with van der Waals surface area (Å²) in [6, 6.07) is 6.50. The molecule has 2 nitrogen and oxygen atoms in total. The molecular formula is C14H17ClN2S2. The second-order valence-electron chi connectivity index (χ2n) is 4.95. The molecule has 0 aliphatic heterocycles. The maximum absolute atomic E-state index is 6.05. The van der Waals surface area contributed by atoms with E-state index in [1.807, 2.05) is 12.1 Å². The molecule has 2 atom stereocenters. The topological polar surface area (TPSA) is 20.7 Å². The number of aromatic amines is 1. The number of rotatable bonds is 3. The molecular weight excluding hydrogens is 296 g/mol. The van der Waals surface area contributed by atoms with E-state index in [1.165, 1.54) is 30.5 Å². The molecule has 1 fully saturated rings. The van der Waals surface area contributed by atoms with E-state index >= 15 is 0 Å². The Morgan fingerprint density at radius 3 is 3.11 bits per heavy atom. The maximum atomic E-state index is 6.05. The van der Waals surface area contributed by atoms with Crippen LogP contribution in [0.3, 0.4) is 0 Å². The normalized spacial score (nSPS) is 23.3. The number of fused-ring (bicyclic) bond motifs is 1. The summed E-state index contributed by atoms with van der Waals surface area (Å²) in [5, 5.41) is 1.44. The number of thioether (sulfide) groups is 1. The molecule has 1 saturated carbocycles. The van der Waals surface area contributed by atoms with Crippen molar-refractivity contribution in [1.29, 1.82) is 0 Å². The van der Waals surface area contributed by atoms with E-state index in [1.54, 1.807) is 0 Å². The van der Waals surface area contributed by atoms with E-state index in [2.05, 4.69) is 34.3 Å². The van der Waals surface area contributed by atoms with Gasteiger partial charge in [-0.2, -0.15) is 11.8 Å². The molecule has 19 heavy (non-hydrogen) atoms. The van der Waals surface area contributed by atoms with E-state index in [-0.39, 0.29) is 0 Å². The summed E-state index contributed by atoms with van der Waals surface area (Å²) in [6.45, 7) is 2.23. The molecule has 3 rings (SSSR count). The highest BCUT2D eigenvalue weighted by atomic mass is 35.5. The first-order chi connectivity index (χ1) is 9.20. The van der Waals surface area contributed by atoms with Gasteiger partial charge >= 0.3 is 0 Å². The van der Waals surface area contributed by atoms with Gasteiger partial charge in [0.1, 0.15) is 0 Å². The van der Waals surface area contributed by atoms with Gasteiger partial charge < -0.3 is 9.55 Å². The fourth-order valence-electron chi connectivity index (χ4n) is 3.04. The number of aromatic nitrogens is 2. The highest BCUT2D eigenvalue weighted by Gasteiger charge is 2.30. The van der Waals surface area contributed by atoms with Gasteiger partial charge in [0.2, 0.25) is 0 Å². The maximum Gasteiger partial charge on any atom is 0.178 e. The summed E-state index contributed by atoms with van der Waals surface area (Å²) in [6.07, 6.45) is 3.82. The second kappa shape index (κ2) is 5.51. The molecule has 1 aromatic heterocycles. The molecule has 0 radical (unpaired) electrons. The van der Waals surface area contributed by atoms with Gasteiger partial charge in [0.25, 0.3) is 0 Å². The van der Waals surface area contributed by atoms with E-state index in [4.69, 9.17) is 23.8 Å². The third-order valence-corrected chi connectivity index (χ3v) is 5.65. The lowest BCUT2D eigenvalue weighted by molar-refractivity contribution is 0.536. The lowest BCUT2D eigenvalue weighted by Gasteiger charge is -2.21. The molecule has 1 aromatic carbocycles. The Balaban J connectivity index is 2.09. The molecule has 5 heteroatoms. The smallest absolute Gasteiger partial charge is 0.178 e. The predicted molar refractivity (Wildman–Crippen MR) is 86.9 cm³/mol. The molecule has 0 bridgehead atoms. The first-order valence-electron chi connectivity index (χ1n) is 6.72. The van der Waals surface area contributed by atoms with Gasteiger partial charge in [-0.05, 0) is 49.0 Å². The average molecular weight is 313 g/mol. The third-order valence-electron chi connectivity index (χ3n) is 3.81. The van der Waals surface area contributed by atoms with Gasteiger partial charge in [-0.1, -0.05) is 24.9 Å². The van der Waals surface area contributed by atoms with Crippen molar-refractivity contribution in [2.24, 2.45) is 0 Å². The summed E-state index contributed by atoms with van der Waals surface area (Å²) in [4.78, 5) is 3.29. The van der Waals surface area contributed by atoms with Gasteiger partial charge in [0.05, 0.1) is 11.0 Å². The van der Waals surface area contributed by atoms with E-state index in [0.29, 0.717) is 11.3 Å². The van der Waals surface area contributed by atoms with Gasteiger partial charge in [0.15, 0.2) is 4.77 Å². The van der Waals surface area contributed by atoms with Gasteiger partial charge in [0, 0.05) is 16.3 Å². The zero-order valence-electron chi connectivity index (χ0n) is 10.9. The van der Waals surface area contributed by atoms with Gasteiger partial charge in [-0.25, -0.2) is 0 Å². The molecule has 2 unspecified atom stereocenters. The Morgan fingerprint density at radius 2 is 2.32 bits per heavy atom. The minimum Gasteiger partial charge on any atom is -0.331 e. The third kappa shape index (κ3) is 2.46. The lowest BCUT2D eigenvalue weighted by atomic mass is 10.2. The quantitative estimate of drug-likeness (QED) is 0.786. The molecule has 1 aliphatic carbocycles. The highest BCUT2D eigenvalue weighted by molar-refractivity contribution is 7.99. The number of H-pyrrole nitrogens is 1. The summed E-state index contributed by atoms with van der Waals surface area (Å²) in [5.41, 5.74) is 2.23. The SMILES string of the molecule is CCSC1CCCC1n1c(=S)[nH]c2cc(Cl)ccc21. The van der Waals surface area contributed by atoms with E-state index in [0.717, 1.165) is 15.3 Å². The van der Waals surface area contributed by atoms with Crippen molar-refractivity contribution < 1.29 is 0 Å². The van der Waals surface area contributed by atoms with Crippen LogP contribution in [0, 0.1) is 4.77 Å². The first-order valence-corrected chi connectivity index (χ1v) is 8.55. The van der Waals surface area contributed by atoms with Crippen LogP contribution in [0.2, 0.25) is 5.02 Å². The zero-order chi connectivity index (χ0) is 13.4. The van der Waals surface area contributed by atoms with Crippen LogP contribution in [0.15, 0.2) is 18.2 Å². The summed E-state index contributed by atoms with van der Waals surface area (Å²) >= 11 is 13.6. The Hall–Kier alpha value is -0.450. The zero-order valence-corrected chi connectivity index (χ0v) is 13.2. The molecule has 2 aromatic rings. The number of hydrogen-bond acceptors (Lipinski definition) is 2. The largest absolute Gasteiger partial charge is 0.331 e. The number of benzene rings is 1. The van der Waals surface area contributed by atoms with E-state index < -0.39 is 0 Å². The first kappa shape index (κ1) is 13.5. The predicted octanol–water partition coefficient (Wildman–Crippen LogP) is 5.20. The van der Waals surface area contributed by atoms with Gasteiger partial charge in [-0.15, -0.1) is 0 Å². The van der Waals surface area contributed by atoms with Crippen LogP contribution in [0.25, 0.3) is 11.0 Å².